The van der Waals surface area contributed by atoms with Crippen molar-refractivity contribution in [3.8, 4) is 0 Å². The van der Waals surface area contributed by atoms with E-state index < -0.39 is 0 Å². The van der Waals surface area contributed by atoms with Crippen molar-refractivity contribution < 1.29 is 4.39 Å². The van der Waals surface area contributed by atoms with Crippen LogP contribution in [0.5, 0.6) is 0 Å². The van der Waals surface area contributed by atoms with Crippen LogP contribution in [-0.4, -0.2) is 36.1 Å². The highest BCUT2D eigenvalue weighted by molar-refractivity contribution is 5.45. The van der Waals surface area contributed by atoms with Crippen LogP contribution in [0, 0.1) is 5.82 Å². The van der Waals surface area contributed by atoms with Crippen molar-refractivity contribution in [2.45, 2.75) is 44.7 Å². The van der Waals surface area contributed by atoms with Crippen molar-refractivity contribution in [2.75, 3.05) is 25.0 Å². The number of hydrogen-bond acceptors (Lipinski definition) is 3. The number of anilines is 1. The topological polar surface area (TPSA) is 41.3 Å². The van der Waals surface area contributed by atoms with Crippen LogP contribution in [-0.2, 0) is 0 Å². The van der Waals surface area contributed by atoms with Crippen LogP contribution in [0.3, 0.4) is 0 Å². The molecule has 3 N–H and O–H groups in total. The Hall–Kier alpha value is -1.13. The number of nitrogens with zero attached hydrogens (tertiary/aromatic N) is 1. The van der Waals surface area contributed by atoms with Gasteiger partial charge in [0.1, 0.15) is 5.82 Å². The number of nitrogens with two attached hydrogens (primary N) is 1. The van der Waals surface area contributed by atoms with E-state index in [1.165, 1.54) is 12.1 Å². The molecule has 1 unspecified atom stereocenters. The number of benzene rings is 1. The van der Waals surface area contributed by atoms with Gasteiger partial charge in [-0.25, -0.2) is 4.39 Å². The Morgan fingerprint density at radius 1 is 1.25 bits per heavy atom. The lowest BCUT2D eigenvalue weighted by Crippen LogP contribution is -2.46. The largest absolute Gasteiger partial charge is 0.378 e. The van der Waals surface area contributed by atoms with Crippen LogP contribution in [0.4, 0.5) is 10.1 Å². The number of rotatable bonds is 4. The molecule has 3 nitrogen and oxygen atoms in total. The van der Waals surface area contributed by atoms with Gasteiger partial charge in [-0.05, 0) is 63.9 Å². The Bertz CT molecular complexity index is 418. The van der Waals surface area contributed by atoms with E-state index in [1.54, 1.807) is 12.1 Å². The molecule has 1 heterocycles. The lowest BCUT2D eigenvalue weighted by molar-refractivity contribution is 0.227. The fraction of sp³-hybridized carbons (Fsp3) is 0.625. The van der Waals surface area contributed by atoms with E-state index >= 15 is 0 Å². The zero-order valence-corrected chi connectivity index (χ0v) is 12.5. The summed E-state index contributed by atoms with van der Waals surface area (Å²) in [7, 11) is 0. The lowest BCUT2D eigenvalue weighted by atomic mass is 9.90. The summed E-state index contributed by atoms with van der Waals surface area (Å²) in [4.78, 5) is 2.50. The van der Waals surface area contributed by atoms with Gasteiger partial charge in [0.2, 0.25) is 0 Å². The quantitative estimate of drug-likeness (QED) is 0.890. The monoisotopic (exact) mass is 279 g/mol. The second kappa shape index (κ2) is 6.55. The van der Waals surface area contributed by atoms with Crippen LogP contribution in [0.25, 0.3) is 0 Å². The van der Waals surface area contributed by atoms with Gasteiger partial charge >= 0.3 is 0 Å². The molecule has 1 saturated heterocycles. The predicted molar refractivity (Wildman–Crippen MR) is 82.4 cm³/mol. The molecule has 1 aromatic carbocycles. The van der Waals surface area contributed by atoms with Crippen molar-refractivity contribution in [1.29, 1.82) is 0 Å². The third-order valence-corrected chi connectivity index (χ3v) is 4.35. The Labute approximate surface area is 121 Å². The van der Waals surface area contributed by atoms with Gasteiger partial charge in [0.25, 0.3) is 0 Å². The summed E-state index contributed by atoms with van der Waals surface area (Å²) in [6.45, 7) is 7.27. The van der Waals surface area contributed by atoms with Crippen LogP contribution in [0.1, 0.15) is 33.1 Å². The smallest absolute Gasteiger partial charge is 0.123 e. The maximum absolute atomic E-state index is 13.0. The number of nitrogens with one attached hydrogen (secondary N) is 1. The Morgan fingerprint density at radius 2 is 1.95 bits per heavy atom. The molecule has 0 radical (unpaired) electrons. The minimum absolute atomic E-state index is 0.0680. The molecule has 20 heavy (non-hydrogen) atoms. The maximum atomic E-state index is 13.0. The summed E-state index contributed by atoms with van der Waals surface area (Å²) in [5, 5.41) is 3.55. The van der Waals surface area contributed by atoms with Gasteiger partial charge in [-0.2, -0.15) is 0 Å². The molecule has 0 aliphatic carbocycles. The molecule has 0 aromatic heterocycles. The summed E-state index contributed by atoms with van der Waals surface area (Å²) in [6.07, 6.45) is 3.23. The molecule has 112 valence electrons. The van der Waals surface area contributed by atoms with Gasteiger partial charge in [-0.15, -0.1) is 0 Å². The fourth-order valence-corrected chi connectivity index (χ4v) is 2.95. The molecule has 0 amide bonds. The molecule has 2 rings (SSSR count). The summed E-state index contributed by atoms with van der Waals surface area (Å²) < 4.78 is 13.0. The normalized spacial score (nSPS) is 24.6. The fourth-order valence-electron chi connectivity index (χ4n) is 2.95. The maximum Gasteiger partial charge on any atom is 0.123 e. The van der Waals surface area contributed by atoms with Crippen LogP contribution in [0.2, 0.25) is 0 Å². The summed E-state index contributed by atoms with van der Waals surface area (Å²) >= 11 is 0. The summed E-state index contributed by atoms with van der Waals surface area (Å²) in [6, 6.07) is 7.14. The summed E-state index contributed by atoms with van der Waals surface area (Å²) in [5.74, 6) is -0.204. The molecule has 1 aliphatic rings. The first-order chi connectivity index (χ1) is 9.54. The van der Waals surface area contributed by atoms with Crippen molar-refractivity contribution >= 4 is 5.69 Å². The van der Waals surface area contributed by atoms with Crippen LogP contribution in [0.15, 0.2) is 24.3 Å². The minimum Gasteiger partial charge on any atom is -0.378 e. The number of likely N-dealkylation sites (tertiary alicyclic amines) is 1. The molecule has 1 atom stereocenters. The molecule has 1 aromatic rings. The Balaban J connectivity index is 2.07. The van der Waals surface area contributed by atoms with E-state index in [9.17, 15) is 4.39 Å². The Kier molecular flexibility index (Phi) is 5.00. The standard InChI is InChI=1S/C16H26FN3/c1-13(2)20-10-3-8-16(12-18,9-11-20)19-15-6-4-14(17)5-7-15/h4-7,13,19H,3,8-12,18H2,1-2H3. The third-order valence-electron chi connectivity index (χ3n) is 4.35. The highest BCUT2D eigenvalue weighted by atomic mass is 19.1. The molecule has 0 spiro atoms. The molecule has 1 aliphatic heterocycles. The second-order valence-electron chi connectivity index (χ2n) is 6.10. The van der Waals surface area contributed by atoms with Crippen molar-refractivity contribution in [1.82, 2.24) is 4.90 Å². The molecular weight excluding hydrogens is 253 g/mol. The van der Waals surface area contributed by atoms with Crippen molar-refractivity contribution in [3.05, 3.63) is 30.1 Å². The van der Waals surface area contributed by atoms with Gasteiger partial charge in [0.15, 0.2) is 0 Å². The molecule has 1 fully saturated rings. The van der Waals surface area contributed by atoms with E-state index in [2.05, 4.69) is 24.1 Å². The average molecular weight is 279 g/mol. The molecule has 0 bridgehead atoms. The van der Waals surface area contributed by atoms with E-state index in [1.807, 2.05) is 0 Å². The summed E-state index contributed by atoms with van der Waals surface area (Å²) in [5.41, 5.74) is 6.94. The van der Waals surface area contributed by atoms with Gasteiger partial charge in [0.05, 0.1) is 5.54 Å². The van der Waals surface area contributed by atoms with E-state index in [-0.39, 0.29) is 11.4 Å². The van der Waals surface area contributed by atoms with Gasteiger partial charge in [-0.1, -0.05) is 0 Å². The van der Waals surface area contributed by atoms with Crippen LogP contribution >= 0.6 is 0 Å². The highest BCUT2D eigenvalue weighted by Crippen LogP contribution is 2.27. The van der Waals surface area contributed by atoms with E-state index in [4.69, 9.17) is 5.73 Å². The molecular formula is C16H26FN3. The SMILES string of the molecule is CC(C)N1CCCC(CN)(Nc2ccc(F)cc2)CC1. The zero-order valence-electron chi connectivity index (χ0n) is 12.5. The second-order valence-corrected chi connectivity index (χ2v) is 6.10. The first kappa shape index (κ1) is 15.3. The average Bonchev–Trinajstić information content (AvgIpc) is 2.65. The Morgan fingerprint density at radius 3 is 2.55 bits per heavy atom. The van der Waals surface area contributed by atoms with Gasteiger partial charge in [-0.3, -0.25) is 0 Å². The molecule has 0 saturated carbocycles. The first-order valence-corrected chi connectivity index (χ1v) is 7.52. The number of hydrogen-bond donors (Lipinski definition) is 2. The highest BCUT2D eigenvalue weighted by Gasteiger charge is 2.31. The van der Waals surface area contributed by atoms with Gasteiger partial charge < -0.3 is 16.0 Å². The van der Waals surface area contributed by atoms with E-state index in [0.717, 1.165) is 38.0 Å². The van der Waals surface area contributed by atoms with Crippen LogP contribution < -0.4 is 11.1 Å². The predicted octanol–water partition coefficient (Wildman–Crippen LogP) is 2.83. The first-order valence-electron chi connectivity index (χ1n) is 7.52. The minimum atomic E-state index is -0.204. The van der Waals surface area contributed by atoms with Gasteiger partial charge in [0, 0.05) is 24.8 Å². The third kappa shape index (κ3) is 3.70. The van der Waals surface area contributed by atoms with Crippen molar-refractivity contribution in [2.24, 2.45) is 5.73 Å². The van der Waals surface area contributed by atoms with Crippen molar-refractivity contribution in [3.63, 3.8) is 0 Å². The lowest BCUT2D eigenvalue weighted by Gasteiger charge is -2.34. The van der Waals surface area contributed by atoms with E-state index in [0.29, 0.717) is 12.6 Å². The molecule has 4 heteroatoms. The zero-order chi connectivity index (χ0) is 14.6. The number of halogens is 1.